The van der Waals surface area contributed by atoms with E-state index in [9.17, 15) is 0 Å². The van der Waals surface area contributed by atoms with Crippen molar-refractivity contribution in [2.45, 2.75) is 32.2 Å². The summed E-state index contributed by atoms with van der Waals surface area (Å²) >= 11 is 0. The Bertz CT molecular complexity index is 86.9. The average molecular weight is 146 g/mol. The maximum absolute atomic E-state index is 8.90. The molecular formula is C7H14O3. The van der Waals surface area contributed by atoms with E-state index in [1.807, 2.05) is 0 Å². The summed E-state index contributed by atoms with van der Waals surface area (Å²) in [4.78, 5) is 0. The molecule has 0 unspecified atom stereocenters. The molecule has 3 heteroatoms. The van der Waals surface area contributed by atoms with Crippen LogP contribution in [0.5, 0.6) is 0 Å². The van der Waals surface area contributed by atoms with Crippen molar-refractivity contribution in [3.05, 3.63) is 0 Å². The standard InChI is InChI=1S/C7H14O3/c1-6(8)2-3-7-9-4-5-10-7/h6-8H,2-5H2,1H3/t6-/m1/s1. The summed E-state index contributed by atoms with van der Waals surface area (Å²) in [6.45, 7) is 3.17. The summed E-state index contributed by atoms with van der Waals surface area (Å²) in [7, 11) is 0. The number of hydrogen-bond acceptors (Lipinski definition) is 3. The third-order valence-corrected chi connectivity index (χ3v) is 1.51. The molecule has 0 aromatic heterocycles. The van der Waals surface area contributed by atoms with Gasteiger partial charge >= 0.3 is 0 Å². The summed E-state index contributed by atoms with van der Waals surface area (Å²) in [5.41, 5.74) is 0. The summed E-state index contributed by atoms with van der Waals surface area (Å²) in [5, 5.41) is 8.90. The van der Waals surface area contributed by atoms with Crippen molar-refractivity contribution >= 4 is 0 Å². The highest BCUT2D eigenvalue weighted by Gasteiger charge is 2.15. The first kappa shape index (κ1) is 7.98. The summed E-state index contributed by atoms with van der Waals surface area (Å²) in [6.07, 6.45) is 1.25. The Morgan fingerprint density at radius 3 is 2.60 bits per heavy atom. The van der Waals surface area contributed by atoms with E-state index in [-0.39, 0.29) is 12.4 Å². The lowest BCUT2D eigenvalue weighted by Gasteiger charge is -2.09. The smallest absolute Gasteiger partial charge is 0.157 e. The van der Waals surface area contributed by atoms with Crippen molar-refractivity contribution in [1.29, 1.82) is 0 Å². The molecule has 1 atom stereocenters. The van der Waals surface area contributed by atoms with Crippen LogP contribution in [0.3, 0.4) is 0 Å². The highest BCUT2D eigenvalue weighted by molar-refractivity contribution is 4.55. The molecule has 0 radical (unpaired) electrons. The fourth-order valence-corrected chi connectivity index (χ4v) is 0.951. The molecule has 1 heterocycles. The number of hydrogen-bond donors (Lipinski definition) is 1. The number of rotatable bonds is 3. The minimum Gasteiger partial charge on any atom is -0.393 e. The molecular weight excluding hydrogens is 132 g/mol. The van der Waals surface area contributed by atoms with Gasteiger partial charge in [-0.2, -0.15) is 0 Å². The minimum atomic E-state index is -0.243. The van der Waals surface area contributed by atoms with Crippen LogP contribution >= 0.6 is 0 Å². The van der Waals surface area contributed by atoms with E-state index >= 15 is 0 Å². The maximum Gasteiger partial charge on any atom is 0.157 e. The summed E-state index contributed by atoms with van der Waals surface area (Å²) in [6, 6.07) is 0. The van der Waals surface area contributed by atoms with Crippen molar-refractivity contribution < 1.29 is 14.6 Å². The predicted molar refractivity (Wildman–Crippen MR) is 36.6 cm³/mol. The lowest BCUT2D eigenvalue weighted by molar-refractivity contribution is -0.0531. The first-order valence-electron chi connectivity index (χ1n) is 3.70. The van der Waals surface area contributed by atoms with E-state index in [2.05, 4.69) is 0 Å². The largest absolute Gasteiger partial charge is 0.393 e. The monoisotopic (exact) mass is 146 g/mol. The summed E-state index contributed by atoms with van der Waals surface area (Å²) in [5.74, 6) is 0. The van der Waals surface area contributed by atoms with Crippen molar-refractivity contribution in [1.82, 2.24) is 0 Å². The Morgan fingerprint density at radius 1 is 1.50 bits per heavy atom. The van der Waals surface area contributed by atoms with Gasteiger partial charge in [0.1, 0.15) is 0 Å². The van der Waals surface area contributed by atoms with Crippen LogP contribution < -0.4 is 0 Å². The molecule has 0 aromatic rings. The molecule has 1 fully saturated rings. The van der Waals surface area contributed by atoms with Gasteiger partial charge in [0.15, 0.2) is 6.29 Å². The molecule has 0 spiro atoms. The number of aliphatic hydroxyl groups is 1. The second-order valence-corrected chi connectivity index (χ2v) is 2.60. The Hall–Kier alpha value is -0.120. The van der Waals surface area contributed by atoms with Gasteiger partial charge in [-0.25, -0.2) is 0 Å². The van der Waals surface area contributed by atoms with Crippen LogP contribution in [0.2, 0.25) is 0 Å². The molecule has 1 N–H and O–H groups in total. The van der Waals surface area contributed by atoms with Crippen LogP contribution in [0.15, 0.2) is 0 Å². The van der Waals surface area contributed by atoms with Crippen molar-refractivity contribution in [2.75, 3.05) is 13.2 Å². The highest BCUT2D eigenvalue weighted by atomic mass is 16.7. The molecule has 1 aliphatic rings. The lowest BCUT2D eigenvalue weighted by atomic mass is 10.2. The van der Waals surface area contributed by atoms with Gasteiger partial charge in [0.05, 0.1) is 19.3 Å². The van der Waals surface area contributed by atoms with Crippen LogP contribution in [0.4, 0.5) is 0 Å². The molecule has 0 aliphatic carbocycles. The van der Waals surface area contributed by atoms with Gasteiger partial charge in [-0.3, -0.25) is 0 Å². The van der Waals surface area contributed by atoms with E-state index in [1.165, 1.54) is 0 Å². The summed E-state index contributed by atoms with van der Waals surface area (Å²) < 4.78 is 10.3. The van der Waals surface area contributed by atoms with Gasteiger partial charge < -0.3 is 14.6 Å². The zero-order valence-corrected chi connectivity index (χ0v) is 6.25. The first-order chi connectivity index (χ1) is 4.79. The quantitative estimate of drug-likeness (QED) is 0.631. The van der Waals surface area contributed by atoms with Gasteiger partial charge in [-0.05, 0) is 13.3 Å². The second-order valence-electron chi connectivity index (χ2n) is 2.60. The van der Waals surface area contributed by atoms with Gasteiger partial charge in [-0.15, -0.1) is 0 Å². The van der Waals surface area contributed by atoms with Crippen molar-refractivity contribution in [2.24, 2.45) is 0 Å². The molecule has 0 amide bonds. The topological polar surface area (TPSA) is 38.7 Å². The fraction of sp³-hybridized carbons (Fsp3) is 1.00. The van der Waals surface area contributed by atoms with E-state index in [0.717, 1.165) is 12.8 Å². The maximum atomic E-state index is 8.90. The predicted octanol–water partition coefficient (Wildman–Crippen LogP) is 0.520. The van der Waals surface area contributed by atoms with Crippen molar-refractivity contribution in [3.8, 4) is 0 Å². The van der Waals surface area contributed by atoms with E-state index in [4.69, 9.17) is 14.6 Å². The fourth-order valence-electron chi connectivity index (χ4n) is 0.951. The molecule has 3 nitrogen and oxygen atoms in total. The van der Waals surface area contributed by atoms with Gasteiger partial charge in [0, 0.05) is 6.42 Å². The Kier molecular flexibility index (Phi) is 3.12. The molecule has 0 saturated carbocycles. The SMILES string of the molecule is C[C@@H](O)CCC1OCCO1. The molecule has 1 saturated heterocycles. The number of ether oxygens (including phenoxy) is 2. The lowest BCUT2D eigenvalue weighted by Crippen LogP contribution is -2.11. The Morgan fingerprint density at radius 2 is 2.10 bits per heavy atom. The van der Waals surface area contributed by atoms with Crippen LogP contribution in [-0.2, 0) is 9.47 Å². The van der Waals surface area contributed by atoms with Gasteiger partial charge in [0.25, 0.3) is 0 Å². The molecule has 60 valence electrons. The Labute approximate surface area is 60.9 Å². The molecule has 10 heavy (non-hydrogen) atoms. The van der Waals surface area contributed by atoms with Crippen LogP contribution in [0.1, 0.15) is 19.8 Å². The van der Waals surface area contributed by atoms with E-state index in [0.29, 0.717) is 13.2 Å². The average Bonchev–Trinajstić information content (AvgIpc) is 2.34. The third-order valence-electron chi connectivity index (χ3n) is 1.51. The van der Waals surface area contributed by atoms with Crippen LogP contribution in [0, 0.1) is 0 Å². The van der Waals surface area contributed by atoms with Crippen LogP contribution in [-0.4, -0.2) is 30.7 Å². The third kappa shape index (κ3) is 2.64. The second kappa shape index (κ2) is 3.91. The van der Waals surface area contributed by atoms with Gasteiger partial charge in [0.2, 0.25) is 0 Å². The zero-order chi connectivity index (χ0) is 7.40. The normalized spacial score (nSPS) is 23.4. The first-order valence-corrected chi connectivity index (χ1v) is 3.70. The molecule has 1 aliphatic heterocycles. The van der Waals surface area contributed by atoms with Crippen LogP contribution in [0.25, 0.3) is 0 Å². The number of aliphatic hydroxyl groups excluding tert-OH is 1. The molecule has 0 bridgehead atoms. The molecule has 1 rings (SSSR count). The van der Waals surface area contributed by atoms with E-state index < -0.39 is 0 Å². The zero-order valence-electron chi connectivity index (χ0n) is 6.25. The van der Waals surface area contributed by atoms with Crippen molar-refractivity contribution in [3.63, 3.8) is 0 Å². The van der Waals surface area contributed by atoms with E-state index in [1.54, 1.807) is 6.92 Å². The Balaban J connectivity index is 2.01. The minimum absolute atomic E-state index is 0.0606. The van der Waals surface area contributed by atoms with Gasteiger partial charge in [-0.1, -0.05) is 0 Å². The highest BCUT2D eigenvalue weighted by Crippen LogP contribution is 2.11. The molecule has 0 aromatic carbocycles.